The van der Waals surface area contributed by atoms with E-state index < -0.39 is 11.6 Å². The minimum Gasteiger partial charge on any atom is -0.370 e. The van der Waals surface area contributed by atoms with Crippen LogP contribution in [0.5, 0.6) is 0 Å². The lowest BCUT2D eigenvalue weighted by molar-refractivity contribution is 0.509. The maximum atomic E-state index is 13.1. The van der Waals surface area contributed by atoms with Gasteiger partial charge in [0.15, 0.2) is 11.6 Å². The molecular formula is C14H16F2N4. The lowest BCUT2D eigenvalue weighted by Gasteiger charge is -2.08. The first-order valence-corrected chi connectivity index (χ1v) is 6.48. The standard InChI is InChI=1S/C14H16F2N4/c1-2-3-7-17-13-6-8-18-14(20-13)19-10-4-5-11(15)12(16)9-10/h4-6,8-9H,2-3,7H2,1H3,(H2,17,18,19,20). The van der Waals surface area contributed by atoms with Crippen molar-refractivity contribution in [2.75, 3.05) is 17.2 Å². The van der Waals surface area contributed by atoms with Gasteiger partial charge in [0, 0.05) is 24.5 Å². The minimum absolute atomic E-state index is 0.331. The number of unbranched alkanes of at least 4 members (excludes halogenated alkanes) is 1. The summed E-state index contributed by atoms with van der Waals surface area (Å²) in [5, 5.41) is 6.00. The molecule has 2 N–H and O–H groups in total. The molecule has 4 nitrogen and oxygen atoms in total. The Morgan fingerprint density at radius 2 is 2.00 bits per heavy atom. The highest BCUT2D eigenvalue weighted by Gasteiger charge is 2.04. The smallest absolute Gasteiger partial charge is 0.229 e. The number of hydrogen-bond donors (Lipinski definition) is 2. The van der Waals surface area contributed by atoms with Crippen molar-refractivity contribution in [2.24, 2.45) is 0 Å². The summed E-state index contributed by atoms with van der Waals surface area (Å²) in [6.07, 6.45) is 3.75. The summed E-state index contributed by atoms with van der Waals surface area (Å²) in [4.78, 5) is 8.28. The lowest BCUT2D eigenvalue weighted by atomic mass is 10.3. The molecule has 0 radical (unpaired) electrons. The molecule has 1 aromatic carbocycles. The van der Waals surface area contributed by atoms with E-state index in [2.05, 4.69) is 27.5 Å². The van der Waals surface area contributed by atoms with Gasteiger partial charge in [0.1, 0.15) is 5.82 Å². The van der Waals surface area contributed by atoms with Gasteiger partial charge < -0.3 is 10.6 Å². The Morgan fingerprint density at radius 1 is 1.15 bits per heavy atom. The lowest BCUT2D eigenvalue weighted by Crippen LogP contribution is -2.05. The SMILES string of the molecule is CCCCNc1ccnc(Nc2ccc(F)c(F)c2)n1. The average Bonchev–Trinajstić information content (AvgIpc) is 2.44. The van der Waals surface area contributed by atoms with Crippen LogP contribution in [0.25, 0.3) is 0 Å². The quantitative estimate of drug-likeness (QED) is 0.791. The van der Waals surface area contributed by atoms with Gasteiger partial charge in [0.05, 0.1) is 0 Å². The molecule has 0 saturated carbocycles. The average molecular weight is 278 g/mol. The highest BCUT2D eigenvalue weighted by atomic mass is 19.2. The minimum atomic E-state index is -0.910. The number of rotatable bonds is 6. The van der Waals surface area contributed by atoms with E-state index in [0.29, 0.717) is 17.5 Å². The maximum Gasteiger partial charge on any atom is 0.229 e. The van der Waals surface area contributed by atoms with Gasteiger partial charge >= 0.3 is 0 Å². The van der Waals surface area contributed by atoms with E-state index in [1.54, 1.807) is 12.3 Å². The van der Waals surface area contributed by atoms with Crippen LogP contribution in [0.1, 0.15) is 19.8 Å². The van der Waals surface area contributed by atoms with Crippen molar-refractivity contribution in [1.82, 2.24) is 9.97 Å². The van der Waals surface area contributed by atoms with Crippen LogP contribution in [-0.2, 0) is 0 Å². The van der Waals surface area contributed by atoms with Crippen LogP contribution in [0.15, 0.2) is 30.5 Å². The molecule has 0 saturated heterocycles. The summed E-state index contributed by atoms with van der Waals surface area (Å²) in [5.41, 5.74) is 0.398. The fourth-order valence-electron chi connectivity index (χ4n) is 1.61. The van der Waals surface area contributed by atoms with E-state index in [9.17, 15) is 8.78 Å². The Kier molecular flexibility index (Phi) is 4.81. The van der Waals surface area contributed by atoms with Crippen LogP contribution < -0.4 is 10.6 Å². The van der Waals surface area contributed by atoms with Gasteiger partial charge in [-0.2, -0.15) is 4.98 Å². The zero-order chi connectivity index (χ0) is 14.4. The highest BCUT2D eigenvalue weighted by Crippen LogP contribution is 2.17. The third-order valence-corrected chi connectivity index (χ3v) is 2.67. The molecule has 2 rings (SSSR count). The molecule has 0 spiro atoms. The van der Waals surface area contributed by atoms with Crippen molar-refractivity contribution in [3.8, 4) is 0 Å². The van der Waals surface area contributed by atoms with Crippen LogP contribution in [0.3, 0.4) is 0 Å². The maximum absolute atomic E-state index is 13.1. The molecule has 0 amide bonds. The van der Waals surface area contributed by atoms with Crippen molar-refractivity contribution in [3.63, 3.8) is 0 Å². The van der Waals surface area contributed by atoms with E-state index in [4.69, 9.17) is 0 Å². The number of nitrogens with zero attached hydrogens (tertiary/aromatic N) is 2. The molecule has 1 heterocycles. The van der Waals surface area contributed by atoms with Crippen molar-refractivity contribution in [3.05, 3.63) is 42.1 Å². The third kappa shape index (κ3) is 3.88. The van der Waals surface area contributed by atoms with Crippen LogP contribution in [0.4, 0.5) is 26.2 Å². The van der Waals surface area contributed by atoms with E-state index in [0.717, 1.165) is 31.5 Å². The summed E-state index contributed by atoms with van der Waals surface area (Å²) < 4.78 is 25.9. The van der Waals surface area contributed by atoms with Gasteiger partial charge in [0.25, 0.3) is 0 Å². The second-order valence-electron chi connectivity index (χ2n) is 4.30. The molecule has 20 heavy (non-hydrogen) atoms. The van der Waals surface area contributed by atoms with Gasteiger partial charge in [-0.05, 0) is 24.6 Å². The summed E-state index contributed by atoms with van der Waals surface area (Å²) in [6, 6.07) is 5.31. The Bertz CT molecular complexity index is 575. The summed E-state index contributed by atoms with van der Waals surface area (Å²) in [6.45, 7) is 2.94. The zero-order valence-electron chi connectivity index (χ0n) is 11.2. The monoisotopic (exact) mass is 278 g/mol. The first-order chi connectivity index (χ1) is 9.69. The number of benzene rings is 1. The molecule has 0 bridgehead atoms. The molecule has 2 aromatic rings. The van der Waals surface area contributed by atoms with Crippen molar-refractivity contribution >= 4 is 17.5 Å². The summed E-state index contributed by atoms with van der Waals surface area (Å²) in [5.74, 6) is -0.769. The predicted octanol–water partition coefficient (Wildman–Crippen LogP) is 3.71. The number of nitrogens with one attached hydrogen (secondary N) is 2. The first kappa shape index (κ1) is 14.2. The largest absolute Gasteiger partial charge is 0.370 e. The van der Waals surface area contributed by atoms with Crippen LogP contribution >= 0.6 is 0 Å². The van der Waals surface area contributed by atoms with Gasteiger partial charge in [-0.3, -0.25) is 0 Å². The van der Waals surface area contributed by atoms with E-state index in [1.165, 1.54) is 6.07 Å². The molecular weight excluding hydrogens is 262 g/mol. The molecule has 0 aliphatic rings. The predicted molar refractivity (Wildman–Crippen MR) is 75.1 cm³/mol. The normalized spacial score (nSPS) is 10.3. The molecule has 0 unspecified atom stereocenters. The van der Waals surface area contributed by atoms with Gasteiger partial charge in [-0.25, -0.2) is 13.8 Å². The van der Waals surface area contributed by atoms with Crippen molar-refractivity contribution < 1.29 is 8.78 Å². The van der Waals surface area contributed by atoms with E-state index in [1.807, 2.05) is 0 Å². The van der Waals surface area contributed by atoms with Crippen molar-refractivity contribution in [1.29, 1.82) is 0 Å². The van der Waals surface area contributed by atoms with Gasteiger partial charge in [0.2, 0.25) is 5.95 Å². The van der Waals surface area contributed by atoms with Crippen LogP contribution in [-0.4, -0.2) is 16.5 Å². The fraction of sp³-hybridized carbons (Fsp3) is 0.286. The topological polar surface area (TPSA) is 49.8 Å². The second kappa shape index (κ2) is 6.79. The molecule has 0 aliphatic carbocycles. The van der Waals surface area contributed by atoms with Gasteiger partial charge in [-0.15, -0.1) is 0 Å². The van der Waals surface area contributed by atoms with E-state index in [-0.39, 0.29) is 0 Å². The number of aromatic nitrogens is 2. The summed E-state index contributed by atoms with van der Waals surface area (Å²) in [7, 11) is 0. The van der Waals surface area contributed by atoms with Crippen LogP contribution in [0.2, 0.25) is 0 Å². The molecule has 1 aromatic heterocycles. The summed E-state index contributed by atoms with van der Waals surface area (Å²) >= 11 is 0. The number of anilines is 3. The van der Waals surface area contributed by atoms with Crippen molar-refractivity contribution in [2.45, 2.75) is 19.8 Å². The molecule has 0 fully saturated rings. The molecule has 0 atom stereocenters. The third-order valence-electron chi connectivity index (χ3n) is 2.67. The second-order valence-corrected chi connectivity index (χ2v) is 4.30. The molecule has 0 aliphatic heterocycles. The number of halogens is 2. The van der Waals surface area contributed by atoms with Gasteiger partial charge in [-0.1, -0.05) is 13.3 Å². The Hall–Kier alpha value is -2.24. The Labute approximate surface area is 116 Å². The fourth-order valence-corrected chi connectivity index (χ4v) is 1.61. The Morgan fingerprint density at radius 3 is 2.75 bits per heavy atom. The van der Waals surface area contributed by atoms with Crippen LogP contribution in [0, 0.1) is 11.6 Å². The highest BCUT2D eigenvalue weighted by molar-refractivity contribution is 5.54. The molecule has 6 heteroatoms. The Balaban J connectivity index is 2.05. The zero-order valence-corrected chi connectivity index (χ0v) is 11.2. The van der Waals surface area contributed by atoms with E-state index >= 15 is 0 Å². The molecule has 106 valence electrons. The first-order valence-electron chi connectivity index (χ1n) is 6.48. The number of hydrogen-bond acceptors (Lipinski definition) is 4.